The molecule has 0 spiro atoms. The Morgan fingerprint density at radius 1 is 0.562 bits per heavy atom. The van der Waals surface area contributed by atoms with E-state index in [0.29, 0.717) is 35.8 Å². The molecule has 0 amide bonds. The van der Waals surface area contributed by atoms with Gasteiger partial charge in [0.2, 0.25) is 0 Å². The van der Waals surface area contributed by atoms with Gasteiger partial charge in [0.05, 0.1) is 0 Å². The van der Waals surface area contributed by atoms with Crippen LogP contribution in [0.15, 0.2) is 36.4 Å². The third-order valence-corrected chi connectivity index (χ3v) is 7.80. The summed E-state index contributed by atoms with van der Waals surface area (Å²) in [6.07, 6.45) is 0. The van der Waals surface area contributed by atoms with Gasteiger partial charge in [0.25, 0.3) is 0 Å². The van der Waals surface area contributed by atoms with Crippen LogP contribution in [0.5, 0.6) is 0 Å². The van der Waals surface area contributed by atoms with Crippen LogP contribution in [0.25, 0.3) is 0 Å². The van der Waals surface area contributed by atoms with Crippen molar-refractivity contribution in [3.63, 3.8) is 0 Å². The van der Waals surface area contributed by atoms with Crippen molar-refractivity contribution >= 4 is 15.6 Å². The molecule has 1 saturated heterocycles. The summed E-state index contributed by atoms with van der Waals surface area (Å²) in [5.74, 6) is 1.89. The minimum absolute atomic E-state index is 0.358. The molecule has 1 fully saturated rings. The summed E-state index contributed by atoms with van der Waals surface area (Å²) in [5.41, 5.74) is 8.52. The predicted molar refractivity (Wildman–Crippen MR) is 138 cm³/mol. The average molecular weight is 525 g/mol. The van der Waals surface area contributed by atoms with E-state index in [-0.39, 0.29) is 0 Å². The third kappa shape index (κ3) is 4.36. The SMILES string of the molecule is CC(C)c1cccc(C(C)C)c1N1[C](=[Pd])N(c2c(C(C)C)cccc2C(C)C)C(C)C1C. The number of para-hydroxylation sites is 2. The van der Waals surface area contributed by atoms with Gasteiger partial charge in [-0.05, 0) is 0 Å². The molecule has 2 aromatic rings. The van der Waals surface area contributed by atoms with Crippen LogP contribution < -0.4 is 9.80 Å². The third-order valence-electron chi connectivity index (χ3n) is 7.05. The molecule has 2 aromatic carbocycles. The van der Waals surface area contributed by atoms with E-state index < -0.39 is 0 Å². The van der Waals surface area contributed by atoms with Gasteiger partial charge < -0.3 is 0 Å². The summed E-state index contributed by atoms with van der Waals surface area (Å²) in [6.45, 7) is 23.3. The maximum atomic E-state index is 3.77. The standard InChI is InChI=1S/C29H42N2.Pd/c1-18(2)24-13-11-14-25(19(3)4)28(24)30-17-31(23(10)22(30)9)29-26(20(5)6)15-12-16-27(29)21(7)8;/h11-16,18-23H,1-10H3;. The summed E-state index contributed by atoms with van der Waals surface area (Å²) >= 11 is 3.77. The second-order valence-corrected chi connectivity index (χ2v) is 11.3. The zero-order valence-corrected chi connectivity index (χ0v) is 23.2. The molecular formula is C29H42N2Pd. The molecule has 1 heterocycles. The fourth-order valence-electron chi connectivity index (χ4n) is 5.02. The van der Waals surface area contributed by atoms with Crippen LogP contribution >= 0.6 is 0 Å². The topological polar surface area (TPSA) is 6.48 Å². The van der Waals surface area contributed by atoms with Crippen molar-refractivity contribution in [2.75, 3.05) is 9.80 Å². The summed E-state index contributed by atoms with van der Waals surface area (Å²) in [4.78, 5) is 5.17. The van der Waals surface area contributed by atoms with Gasteiger partial charge in [0.1, 0.15) is 0 Å². The van der Waals surface area contributed by atoms with E-state index in [1.807, 2.05) is 0 Å². The number of rotatable bonds is 6. The molecule has 1 aliphatic heterocycles. The van der Waals surface area contributed by atoms with E-state index in [1.54, 1.807) is 0 Å². The molecular weight excluding hydrogens is 483 g/mol. The van der Waals surface area contributed by atoms with Crippen LogP contribution in [0, 0.1) is 0 Å². The number of nitrogens with zero attached hydrogens (tertiary/aromatic N) is 2. The number of hydrogen-bond donors (Lipinski definition) is 0. The van der Waals surface area contributed by atoms with Gasteiger partial charge in [-0.2, -0.15) is 0 Å². The first kappa shape index (κ1) is 25.2. The van der Waals surface area contributed by atoms with E-state index in [2.05, 4.69) is 134 Å². The first-order valence-corrected chi connectivity index (χ1v) is 13.1. The summed E-state index contributed by atoms with van der Waals surface area (Å²) in [7, 11) is 0. The fourth-order valence-corrected chi connectivity index (χ4v) is 6.00. The van der Waals surface area contributed by atoms with Crippen LogP contribution in [0.4, 0.5) is 11.4 Å². The molecule has 0 aliphatic carbocycles. The number of hydrogen-bond acceptors (Lipinski definition) is 2. The van der Waals surface area contributed by atoms with E-state index >= 15 is 0 Å². The van der Waals surface area contributed by atoms with E-state index in [0.717, 1.165) is 0 Å². The number of benzene rings is 2. The molecule has 1 aliphatic rings. The first-order chi connectivity index (χ1) is 15.0. The molecule has 2 unspecified atom stereocenters. The van der Waals surface area contributed by atoms with Crippen LogP contribution in [0.1, 0.15) is 115 Å². The van der Waals surface area contributed by atoms with Crippen molar-refractivity contribution in [1.82, 2.24) is 0 Å². The molecule has 0 radical (unpaired) electrons. The van der Waals surface area contributed by atoms with E-state index in [1.165, 1.54) is 37.9 Å². The maximum absolute atomic E-state index is 3.77. The van der Waals surface area contributed by atoms with Crippen LogP contribution in [0.2, 0.25) is 0 Å². The van der Waals surface area contributed by atoms with Crippen molar-refractivity contribution < 1.29 is 18.7 Å². The van der Waals surface area contributed by atoms with Crippen molar-refractivity contribution in [1.29, 1.82) is 0 Å². The van der Waals surface area contributed by atoms with E-state index in [9.17, 15) is 0 Å². The van der Waals surface area contributed by atoms with Gasteiger partial charge >= 0.3 is 208 Å². The predicted octanol–water partition coefficient (Wildman–Crippen LogP) is 7.92. The summed E-state index contributed by atoms with van der Waals surface area (Å²) in [5, 5.41) is 0. The molecule has 3 rings (SSSR count). The summed E-state index contributed by atoms with van der Waals surface area (Å²) in [6, 6.07) is 14.5. The zero-order valence-electron chi connectivity index (χ0n) is 21.6. The van der Waals surface area contributed by atoms with Gasteiger partial charge in [-0.1, -0.05) is 0 Å². The Labute approximate surface area is 207 Å². The molecule has 32 heavy (non-hydrogen) atoms. The van der Waals surface area contributed by atoms with Crippen molar-refractivity contribution in [3.05, 3.63) is 58.7 Å². The van der Waals surface area contributed by atoms with Crippen LogP contribution in [0.3, 0.4) is 0 Å². The van der Waals surface area contributed by atoms with Gasteiger partial charge in [-0.3, -0.25) is 0 Å². The second-order valence-electron chi connectivity index (χ2n) is 10.7. The first-order valence-electron chi connectivity index (χ1n) is 12.3. The molecule has 0 aromatic heterocycles. The van der Waals surface area contributed by atoms with E-state index in [4.69, 9.17) is 0 Å². The fraction of sp³-hybridized carbons (Fsp3) is 0.552. The molecule has 3 heteroatoms. The van der Waals surface area contributed by atoms with Crippen molar-refractivity contribution in [2.24, 2.45) is 0 Å². The Bertz CT molecular complexity index is 843. The van der Waals surface area contributed by atoms with Gasteiger partial charge in [0.15, 0.2) is 0 Å². The molecule has 2 atom stereocenters. The average Bonchev–Trinajstić information content (AvgIpc) is 2.94. The summed E-state index contributed by atoms with van der Waals surface area (Å²) < 4.78 is 1.21. The van der Waals surface area contributed by atoms with Crippen molar-refractivity contribution in [3.8, 4) is 0 Å². The van der Waals surface area contributed by atoms with Gasteiger partial charge in [0, 0.05) is 0 Å². The Kier molecular flexibility index (Phi) is 7.74. The van der Waals surface area contributed by atoms with Gasteiger partial charge in [-0.15, -0.1) is 0 Å². The quantitative estimate of drug-likeness (QED) is 0.354. The Hall–Kier alpha value is -1.43. The van der Waals surface area contributed by atoms with Crippen LogP contribution in [-0.2, 0) is 18.7 Å². The Morgan fingerprint density at radius 3 is 1.03 bits per heavy atom. The molecule has 0 saturated carbocycles. The monoisotopic (exact) mass is 524 g/mol. The Balaban J connectivity index is 2.25. The molecule has 2 nitrogen and oxygen atoms in total. The second kappa shape index (κ2) is 9.82. The minimum atomic E-state index is 0.358. The zero-order chi connectivity index (χ0) is 23.9. The molecule has 178 valence electrons. The Morgan fingerprint density at radius 2 is 0.812 bits per heavy atom. The van der Waals surface area contributed by atoms with Gasteiger partial charge in [-0.25, -0.2) is 0 Å². The van der Waals surface area contributed by atoms with Crippen molar-refractivity contribution in [2.45, 2.75) is 105 Å². The molecule has 0 N–H and O–H groups in total. The number of anilines is 2. The normalized spacial score (nSPS) is 19.4. The molecule has 0 bridgehead atoms. The van der Waals surface area contributed by atoms with Crippen LogP contribution in [-0.4, -0.2) is 16.3 Å².